The average Bonchev–Trinajstić information content (AvgIpc) is 2.72. The van der Waals surface area contributed by atoms with Crippen molar-refractivity contribution in [3.05, 3.63) is 60.7 Å². The van der Waals surface area contributed by atoms with Gasteiger partial charge in [-0.25, -0.2) is 0 Å². The van der Waals surface area contributed by atoms with E-state index in [-0.39, 0.29) is 5.95 Å². The molecule has 2 aromatic carbocycles. The summed E-state index contributed by atoms with van der Waals surface area (Å²) in [6.07, 6.45) is -9.42. The summed E-state index contributed by atoms with van der Waals surface area (Å²) in [6, 6.07) is 15.2. The standard InChI is InChI=1S/C19H14F6N4O2/c20-18(21,22)11-30-16-26-15(27-17(28-16)31-12-19(23,24)25)29(13-7-3-1-4-8-13)14-9-5-2-6-10-14/h1-10H,11-12H2. The fraction of sp³-hybridized carbons (Fsp3) is 0.211. The molecule has 0 N–H and O–H groups in total. The van der Waals surface area contributed by atoms with E-state index in [9.17, 15) is 26.3 Å². The van der Waals surface area contributed by atoms with Gasteiger partial charge in [0.15, 0.2) is 13.2 Å². The van der Waals surface area contributed by atoms with E-state index in [2.05, 4.69) is 24.4 Å². The van der Waals surface area contributed by atoms with Gasteiger partial charge < -0.3 is 9.47 Å². The predicted octanol–water partition coefficient (Wildman–Crippen LogP) is 5.22. The molecule has 0 atom stereocenters. The Kier molecular flexibility index (Phi) is 6.47. The molecule has 0 aliphatic carbocycles. The number of hydrogen-bond acceptors (Lipinski definition) is 6. The summed E-state index contributed by atoms with van der Waals surface area (Å²) < 4.78 is 84.4. The van der Waals surface area contributed by atoms with Crippen molar-refractivity contribution in [2.24, 2.45) is 0 Å². The average molecular weight is 444 g/mol. The molecular weight excluding hydrogens is 430 g/mol. The van der Waals surface area contributed by atoms with Crippen LogP contribution in [0.5, 0.6) is 12.0 Å². The second kappa shape index (κ2) is 9.06. The van der Waals surface area contributed by atoms with Crippen molar-refractivity contribution in [2.75, 3.05) is 18.1 Å². The number of nitrogens with zero attached hydrogens (tertiary/aromatic N) is 4. The van der Waals surface area contributed by atoms with Crippen LogP contribution < -0.4 is 14.4 Å². The van der Waals surface area contributed by atoms with Gasteiger partial charge in [0.05, 0.1) is 0 Å². The number of aromatic nitrogens is 3. The first-order valence-corrected chi connectivity index (χ1v) is 8.66. The summed E-state index contributed by atoms with van der Waals surface area (Å²) in [4.78, 5) is 12.5. The molecule has 6 nitrogen and oxygen atoms in total. The second-order valence-corrected chi connectivity index (χ2v) is 6.01. The lowest BCUT2D eigenvalue weighted by Gasteiger charge is -2.23. The van der Waals surface area contributed by atoms with Gasteiger partial charge in [-0.2, -0.15) is 36.3 Å². The van der Waals surface area contributed by atoms with Crippen molar-refractivity contribution < 1.29 is 35.8 Å². The molecule has 0 amide bonds. The molecule has 1 aromatic heterocycles. The Hall–Kier alpha value is -3.57. The van der Waals surface area contributed by atoms with E-state index in [1.807, 2.05) is 0 Å². The van der Waals surface area contributed by atoms with Gasteiger partial charge >= 0.3 is 24.4 Å². The Morgan fingerprint density at radius 2 is 1.00 bits per heavy atom. The number of anilines is 3. The normalized spacial score (nSPS) is 11.8. The van der Waals surface area contributed by atoms with Gasteiger partial charge in [-0.3, -0.25) is 4.90 Å². The van der Waals surface area contributed by atoms with E-state index in [1.165, 1.54) is 4.90 Å². The topological polar surface area (TPSA) is 60.4 Å². The summed E-state index contributed by atoms with van der Waals surface area (Å²) in [6.45, 7) is -3.49. The predicted molar refractivity (Wildman–Crippen MR) is 97.6 cm³/mol. The second-order valence-electron chi connectivity index (χ2n) is 6.01. The summed E-state index contributed by atoms with van der Waals surface area (Å²) in [7, 11) is 0. The Balaban J connectivity index is 2.06. The SMILES string of the molecule is FC(F)(F)COc1nc(OCC(F)(F)F)nc(N(c2ccccc2)c2ccccc2)n1. The molecule has 1 heterocycles. The summed E-state index contributed by atoms with van der Waals surface area (Å²) in [5.41, 5.74) is 0.979. The van der Waals surface area contributed by atoms with Gasteiger partial charge in [0.1, 0.15) is 0 Å². The quantitative estimate of drug-likeness (QED) is 0.466. The van der Waals surface area contributed by atoms with Gasteiger partial charge in [-0.15, -0.1) is 4.98 Å². The third kappa shape index (κ3) is 6.73. The molecule has 0 unspecified atom stereocenters. The molecule has 0 spiro atoms. The number of alkyl halides is 6. The zero-order chi connectivity index (χ0) is 22.5. The minimum atomic E-state index is -4.71. The van der Waals surface area contributed by atoms with Gasteiger partial charge in [0.25, 0.3) is 0 Å². The number of rotatable bonds is 7. The highest BCUT2D eigenvalue weighted by Gasteiger charge is 2.31. The van der Waals surface area contributed by atoms with Crippen LogP contribution in [-0.4, -0.2) is 40.5 Å². The zero-order valence-corrected chi connectivity index (χ0v) is 15.6. The van der Waals surface area contributed by atoms with Crippen LogP contribution in [0.4, 0.5) is 43.7 Å². The molecule has 31 heavy (non-hydrogen) atoms. The third-order valence-electron chi connectivity index (χ3n) is 3.54. The van der Waals surface area contributed by atoms with Crippen LogP contribution in [0.15, 0.2) is 60.7 Å². The van der Waals surface area contributed by atoms with Crippen molar-refractivity contribution >= 4 is 17.3 Å². The highest BCUT2D eigenvalue weighted by atomic mass is 19.4. The Bertz CT molecular complexity index is 908. The lowest BCUT2D eigenvalue weighted by Crippen LogP contribution is -2.23. The smallest absolute Gasteiger partial charge is 0.422 e. The van der Waals surface area contributed by atoms with E-state index in [0.29, 0.717) is 11.4 Å². The van der Waals surface area contributed by atoms with E-state index < -0.39 is 37.6 Å². The number of benzene rings is 2. The number of hydrogen-bond donors (Lipinski definition) is 0. The Morgan fingerprint density at radius 1 is 0.613 bits per heavy atom. The van der Waals surface area contributed by atoms with Crippen LogP contribution in [0.3, 0.4) is 0 Å². The van der Waals surface area contributed by atoms with Gasteiger partial charge in [0, 0.05) is 11.4 Å². The summed E-state index contributed by atoms with van der Waals surface area (Å²) in [5.74, 6) is -0.290. The lowest BCUT2D eigenvalue weighted by atomic mass is 10.2. The Labute approximate surface area is 172 Å². The van der Waals surface area contributed by atoms with Crippen LogP contribution >= 0.6 is 0 Å². The monoisotopic (exact) mass is 444 g/mol. The Morgan fingerprint density at radius 3 is 1.35 bits per heavy atom. The first-order valence-electron chi connectivity index (χ1n) is 8.66. The largest absolute Gasteiger partial charge is 0.454 e. The minimum Gasteiger partial charge on any atom is -0.454 e. The number of para-hydroxylation sites is 2. The minimum absolute atomic E-state index is 0.290. The molecule has 12 heteroatoms. The fourth-order valence-electron chi connectivity index (χ4n) is 2.38. The molecule has 0 aliphatic rings. The molecular formula is C19H14F6N4O2. The highest BCUT2D eigenvalue weighted by Crippen LogP contribution is 2.33. The van der Waals surface area contributed by atoms with Crippen molar-refractivity contribution in [3.8, 4) is 12.0 Å². The summed E-state index contributed by atoms with van der Waals surface area (Å²) >= 11 is 0. The maximum Gasteiger partial charge on any atom is 0.422 e. The zero-order valence-electron chi connectivity index (χ0n) is 15.6. The molecule has 3 rings (SSSR count). The molecule has 0 bridgehead atoms. The first-order chi connectivity index (χ1) is 14.6. The molecule has 0 saturated heterocycles. The summed E-state index contributed by atoms with van der Waals surface area (Å²) in [5, 5.41) is 0. The van der Waals surface area contributed by atoms with Gasteiger partial charge in [0.2, 0.25) is 5.95 Å². The molecule has 0 fully saturated rings. The maximum absolute atomic E-state index is 12.5. The first kappa shape index (κ1) is 22.1. The van der Waals surface area contributed by atoms with E-state index in [1.54, 1.807) is 60.7 Å². The van der Waals surface area contributed by atoms with Crippen molar-refractivity contribution in [2.45, 2.75) is 12.4 Å². The van der Waals surface area contributed by atoms with Crippen LogP contribution in [0.2, 0.25) is 0 Å². The number of ether oxygens (including phenoxy) is 2. The van der Waals surface area contributed by atoms with Gasteiger partial charge in [-0.1, -0.05) is 36.4 Å². The van der Waals surface area contributed by atoms with E-state index in [4.69, 9.17) is 0 Å². The molecule has 164 valence electrons. The molecule has 3 aromatic rings. The lowest BCUT2D eigenvalue weighted by molar-refractivity contribution is -0.156. The molecule has 0 aliphatic heterocycles. The van der Waals surface area contributed by atoms with E-state index >= 15 is 0 Å². The van der Waals surface area contributed by atoms with Crippen LogP contribution in [0.25, 0.3) is 0 Å². The fourth-order valence-corrected chi connectivity index (χ4v) is 2.38. The van der Waals surface area contributed by atoms with Crippen LogP contribution in [0, 0.1) is 0 Å². The maximum atomic E-state index is 12.5. The molecule has 0 radical (unpaired) electrons. The highest BCUT2D eigenvalue weighted by molar-refractivity contribution is 5.72. The third-order valence-corrected chi connectivity index (χ3v) is 3.54. The van der Waals surface area contributed by atoms with Crippen molar-refractivity contribution in [1.82, 2.24) is 15.0 Å². The van der Waals surface area contributed by atoms with Crippen LogP contribution in [-0.2, 0) is 0 Å². The van der Waals surface area contributed by atoms with Crippen molar-refractivity contribution in [1.29, 1.82) is 0 Å². The number of halogens is 6. The van der Waals surface area contributed by atoms with Crippen molar-refractivity contribution in [3.63, 3.8) is 0 Å². The molecule has 0 saturated carbocycles. The van der Waals surface area contributed by atoms with Gasteiger partial charge in [-0.05, 0) is 24.3 Å². The van der Waals surface area contributed by atoms with E-state index in [0.717, 1.165) is 0 Å². The van der Waals surface area contributed by atoms with Crippen LogP contribution in [0.1, 0.15) is 0 Å².